The summed E-state index contributed by atoms with van der Waals surface area (Å²) in [5.41, 5.74) is 2.93. The van der Waals surface area contributed by atoms with Crippen LogP contribution in [0.15, 0.2) is 24.3 Å². The van der Waals surface area contributed by atoms with Gasteiger partial charge in [-0.25, -0.2) is 0 Å². The summed E-state index contributed by atoms with van der Waals surface area (Å²) < 4.78 is 0. The quantitative estimate of drug-likeness (QED) is 0.754. The van der Waals surface area contributed by atoms with E-state index in [1.165, 1.54) is 11.1 Å². The van der Waals surface area contributed by atoms with Crippen LogP contribution in [0.5, 0.6) is 0 Å². The highest BCUT2D eigenvalue weighted by atomic mass is 15.0. The molecule has 0 aliphatic carbocycles. The minimum atomic E-state index is 0.640. The van der Waals surface area contributed by atoms with E-state index in [1.807, 2.05) is 0 Å². The van der Waals surface area contributed by atoms with Crippen LogP contribution in [0.2, 0.25) is 0 Å². The fourth-order valence-electron chi connectivity index (χ4n) is 2.01. The molecule has 1 N–H and O–H groups in total. The predicted octanol–water partition coefficient (Wildman–Crippen LogP) is 2.89. The molecule has 1 aromatic carbocycles. The monoisotopic (exact) mass is 189 g/mol. The van der Waals surface area contributed by atoms with Gasteiger partial charge in [-0.15, -0.1) is 0 Å². The van der Waals surface area contributed by atoms with Gasteiger partial charge in [0.05, 0.1) is 0 Å². The molecule has 0 saturated carbocycles. The zero-order valence-corrected chi connectivity index (χ0v) is 9.25. The molecule has 1 heterocycles. The molecule has 0 radical (unpaired) electrons. The van der Waals surface area contributed by atoms with E-state index in [1.54, 1.807) is 0 Å². The maximum atomic E-state index is 3.39. The van der Waals surface area contributed by atoms with Crippen molar-refractivity contribution in [3.8, 4) is 0 Å². The zero-order chi connectivity index (χ0) is 10.1. The normalized spacial score (nSPS) is 26.3. The molecule has 1 fully saturated rings. The average Bonchev–Trinajstić information content (AvgIpc) is 2.16. The molecule has 76 valence electrons. The van der Waals surface area contributed by atoms with E-state index < -0.39 is 0 Å². The largest absolute Gasteiger partial charge is 0.313 e. The Kier molecular flexibility index (Phi) is 2.60. The van der Waals surface area contributed by atoms with Crippen molar-refractivity contribution in [1.29, 1.82) is 0 Å². The van der Waals surface area contributed by atoms with Crippen LogP contribution < -0.4 is 5.32 Å². The lowest BCUT2D eigenvalue weighted by Crippen LogP contribution is -2.48. The van der Waals surface area contributed by atoms with E-state index in [0.29, 0.717) is 12.0 Å². The Morgan fingerprint density at radius 3 is 2.21 bits per heavy atom. The Balaban J connectivity index is 2.13. The van der Waals surface area contributed by atoms with Crippen molar-refractivity contribution in [2.75, 3.05) is 6.54 Å². The lowest BCUT2D eigenvalue weighted by Gasteiger charge is -2.36. The van der Waals surface area contributed by atoms with Crippen LogP contribution in [0.4, 0.5) is 0 Å². The molecule has 1 nitrogen and oxygen atoms in total. The summed E-state index contributed by atoms with van der Waals surface area (Å²) >= 11 is 0. The first kappa shape index (κ1) is 9.72. The van der Waals surface area contributed by atoms with E-state index >= 15 is 0 Å². The number of hydrogen-bond acceptors (Lipinski definition) is 1. The van der Waals surface area contributed by atoms with Crippen molar-refractivity contribution in [2.45, 2.75) is 38.6 Å². The fraction of sp³-hybridized carbons (Fsp3) is 0.538. The molecule has 14 heavy (non-hydrogen) atoms. The summed E-state index contributed by atoms with van der Waals surface area (Å²) in [5, 5.41) is 3.39. The average molecular weight is 189 g/mol. The minimum absolute atomic E-state index is 0.640. The van der Waals surface area contributed by atoms with Crippen LogP contribution in [0.1, 0.15) is 43.7 Å². The molecule has 0 amide bonds. The number of benzene rings is 1. The van der Waals surface area contributed by atoms with Crippen LogP contribution in [0, 0.1) is 0 Å². The molecule has 1 aliphatic heterocycles. The second kappa shape index (κ2) is 3.74. The fourth-order valence-corrected chi connectivity index (χ4v) is 2.01. The van der Waals surface area contributed by atoms with Crippen LogP contribution in [0.3, 0.4) is 0 Å². The molecule has 1 heteroatoms. The van der Waals surface area contributed by atoms with Crippen LogP contribution in [-0.4, -0.2) is 12.6 Å². The molecule has 0 spiro atoms. The van der Waals surface area contributed by atoms with Crippen molar-refractivity contribution < 1.29 is 0 Å². The molecule has 1 aromatic rings. The van der Waals surface area contributed by atoms with Crippen molar-refractivity contribution in [2.24, 2.45) is 0 Å². The summed E-state index contributed by atoms with van der Waals surface area (Å²) in [5.74, 6) is 1.37. The topological polar surface area (TPSA) is 12.0 Å². The van der Waals surface area contributed by atoms with Gasteiger partial charge in [-0.05, 0) is 24.0 Å². The van der Waals surface area contributed by atoms with E-state index in [-0.39, 0.29) is 0 Å². The standard InChI is InChI=1S/C13H19N/c1-9(2)11-4-6-12(7-5-11)13-8-14-10(13)3/h4-7,9-10,13-14H,8H2,1-3H3. The lowest BCUT2D eigenvalue weighted by atomic mass is 9.85. The van der Waals surface area contributed by atoms with Gasteiger partial charge >= 0.3 is 0 Å². The Bertz CT molecular complexity index is 300. The van der Waals surface area contributed by atoms with Gasteiger partial charge in [0, 0.05) is 18.5 Å². The highest BCUT2D eigenvalue weighted by molar-refractivity contribution is 5.29. The zero-order valence-electron chi connectivity index (χ0n) is 9.25. The smallest absolute Gasteiger partial charge is 0.0120 e. The first-order valence-electron chi connectivity index (χ1n) is 5.51. The third-order valence-corrected chi connectivity index (χ3v) is 3.29. The Labute approximate surface area is 86.5 Å². The number of rotatable bonds is 2. The summed E-state index contributed by atoms with van der Waals surface area (Å²) in [4.78, 5) is 0. The van der Waals surface area contributed by atoms with E-state index in [9.17, 15) is 0 Å². The Hall–Kier alpha value is -0.820. The Morgan fingerprint density at radius 1 is 1.21 bits per heavy atom. The van der Waals surface area contributed by atoms with Crippen LogP contribution in [-0.2, 0) is 0 Å². The van der Waals surface area contributed by atoms with Gasteiger partial charge in [0.15, 0.2) is 0 Å². The van der Waals surface area contributed by atoms with Crippen molar-refractivity contribution in [3.63, 3.8) is 0 Å². The van der Waals surface area contributed by atoms with Crippen LogP contribution >= 0.6 is 0 Å². The van der Waals surface area contributed by atoms with Gasteiger partial charge in [-0.2, -0.15) is 0 Å². The van der Waals surface area contributed by atoms with E-state index in [2.05, 4.69) is 50.4 Å². The van der Waals surface area contributed by atoms with Crippen molar-refractivity contribution in [1.82, 2.24) is 5.32 Å². The number of hydrogen-bond donors (Lipinski definition) is 1. The summed E-state index contributed by atoms with van der Waals surface area (Å²) in [6, 6.07) is 9.77. The van der Waals surface area contributed by atoms with Crippen molar-refractivity contribution >= 4 is 0 Å². The van der Waals surface area contributed by atoms with E-state index in [0.717, 1.165) is 12.5 Å². The predicted molar refractivity (Wildman–Crippen MR) is 60.7 cm³/mol. The van der Waals surface area contributed by atoms with Gasteiger partial charge < -0.3 is 5.32 Å². The second-order valence-electron chi connectivity index (χ2n) is 4.62. The number of nitrogens with one attached hydrogen (secondary N) is 1. The van der Waals surface area contributed by atoms with Gasteiger partial charge in [-0.3, -0.25) is 0 Å². The molecule has 1 aliphatic rings. The molecule has 2 atom stereocenters. The minimum Gasteiger partial charge on any atom is -0.313 e. The first-order valence-corrected chi connectivity index (χ1v) is 5.51. The third-order valence-electron chi connectivity index (χ3n) is 3.29. The highest BCUT2D eigenvalue weighted by Crippen LogP contribution is 2.26. The summed E-state index contributed by atoms with van der Waals surface area (Å²) in [6.07, 6.45) is 0. The van der Waals surface area contributed by atoms with Gasteiger partial charge in [-0.1, -0.05) is 38.1 Å². The maximum absolute atomic E-state index is 3.39. The lowest BCUT2D eigenvalue weighted by molar-refractivity contribution is 0.334. The van der Waals surface area contributed by atoms with Gasteiger partial charge in [0.2, 0.25) is 0 Å². The summed E-state index contributed by atoms with van der Waals surface area (Å²) in [7, 11) is 0. The SMILES string of the molecule is CC(C)c1ccc(C2CNC2C)cc1. The third kappa shape index (κ3) is 1.69. The molecule has 0 bridgehead atoms. The van der Waals surface area contributed by atoms with Crippen molar-refractivity contribution in [3.05, 3.63) is 35.4 Å². The van der Waals surface area contributed by atoms with Crippen LogP contribution in [0.25, 0.3) is 0 Å². The van der Waals surface area contributed by atoms with Gasteiger partial charge in [0.25, 0.3) is 0 Å². The molecular formula is C13H19N. The first-order chi connectivity index (χ1) is 6.68. The highest BCUT2D eigenvalue weighted by Gasteiger charge is 2.27. The molecular weight excluding hydrogens is 170 g/mol. The molecule has 0 aromatic heterocycles. The second-order valence-corrected chi connectivity index (χ2v) is 4.62. The molecule has 2 unspecified atom stereocenters. The van der Waals surface area contributed by atoms with Gasteiger partial charge in [0.1, 0.15) is 0 Å². The van der Waals surface area contributed by atoms with E-state index in [4.69, 9.17) is 0 Å². The maximum Gasteiger partial charge on any atom is 0.0120 e. The Morgan fingerprint density at radius 2 is 1.86 bits per heavy atom. The molecule has 1 saturated heterocycles. The molecule has 2 rings (SSSR count). The summed E-state index contributed by atoms with van der Waals surface area (Å²) in [6.45, 7) is 7.87.